The Bertz CT molecular complexity index is 1080. The normalized spacial score (nSPS) is 11.1. The molecule has 0 radical (unpaired) electrons. The van der Waals surface area contributed by atoms with Crippen molar-refractivity contribution in [3.63, 3.8) is 0 Å². The summed E-state index contributed by atoms with van der Waals surface area (Å²) in [5.74, 6) is 0.876. The van der Waals surface area contributed by atoms with Gasteiger partial charge in [0.2, 0.25) is 10.0 Å². The average molecular weight is 397 g/mol. The molecule has 3 aromatic rings. The largest absolute Gasteiger partial charge is 0.457 e. The first-order chi connectivity index (χ1) is 13.4. The number of aromatic nitrogens is 1. The molecule has 0 spiro atoms. The second-order valence-corrected chi connectivity index (χ2v) is 7.83. The molecule has 3 rings (SSSR count). The van der Waals surface area contributed by atoms with Crippen LogP contribution in [0.3, 0.4) is 0 Å². The lowest BCUT2D eigenvalue weighted by Crippen LogP contribution is -2.20. The predicted molar refractivity (Wildman–Crippen MR) is 106 cm³/mol. The standard InChI is InChI=1S/C20H19N3O4S/c1-14-3-8-18(28(25,26)21-2)13-19(14)20(24)23-15-4-6-16(7-5-15)27-17-9-11-22-12-10-17/h3-13,21H,1-2H3,(H,23,24). The van der Waals surface area contributed by atoms with Gasteiger partial charge in [-0.2, -0.15) is 0 Å². The van der Waals surface area contributed by atoms with E-state index in [-0.39, 0.29) is 10.5 Å². The van der Waals surface area contributed by atoms with Gasteiger partial charge >= 0.3 is 0 Å². The fourth-order valence-electron chi connectivity index (χ4n) is 2.48. The summed E-state index contributed by atoms with van der Waals surface area (Å²) in [7, 11) is -2.31. The van der Waals surface area contributed by atoms with E-state index in [1.165, 1.54) is 19.2 Å². The number of hydrogen-bond acceptors (Lipinski definition) is 5. The molecule has 28 heavy (non-hydrogen) atoms. The van der Waals surface area contributed by atoms with Crippen LogP contribution in [0.5, 0.6) is 11.5 Å². The molecular weight excluding hydrogens is 378 g/mol. The van der Waals surface area contributed by atoms with E-state index in [2.05, 4.69) is 15.0 Å². The Balaban J connectivity index is 1.75. The molecule has 0 bridgehead atoms. The highest BCUT2D eigenvalue weighted by Crippen LogP contribution is 2.23. The molecule has 0 unspecified atom stereocenters. The second kappa shape index (κ2) is 8.20. The Hall–Kier alpha value is -3.23. The van der Waals surface area contributed by atoms with Crippen LogP contribution in [-0.2, 0) is 10.0 Å². The van der Waals surface area contributed by atoms with E-state index in [1.54, 1.807) is 61.8 Å². The van der Waals surface area contributed by atoms with Gasteiger partial charge in [-0.15, -0.1) is 0 Å². The maximum Gasteiger partial charge on any atom is 0.255 e. The molecule has 7 nitrogen and oxygen atoms in total. The number of carbonyl (C=O) groups excluding carboxylic acids is 1. The molecule has 1 amide bonds. The fraction of sp³-hybridized carbons (Fsp3) is 0.100. The first-order valence-electron chi connectivity index (χ1n) is 8.42. The van der Waals surface area contributed by atoms with E-state index in [9.17, 15) is 13.2 Å². The SMILES string of the molecule is CNS(=O)(=O)c1ccc(C)c(C(=O)Nc2ccc(Oc3ccncc3)cc2)c1. The number of sulfonamides is 1. The number of benzene rings is 2. The predicted octanol–water partition coefficient (Wildman–Crippen LogP) is 3.34. The number of amides is 1. The zero-order chi connectivity index (χ0) is 20.1. The molecule has 1 heterocycles. The zero-order valence-electron chi connectivity index (χ0n) is 15.3. The third kappa shape index (κ3) is 4.54. The second-order valence-electron chi connectivity index (χ2n) is 5.95. The third-order valence-corrected chi connectivity index (χ3v) is 5.44. The molecule has 0 aliphatic rings. The highest BCUT2D eigenvalue weighted by molar-refractivity contribution is 7.89. The quantitative estimate of drug-likeness (QED) is 0.665. The van der Waals surface area contributed by atoms with Crippen LogP contribution < -0.4 is 14.8 Å². The van der Waals surface area contributed by atoms with E-state index >= 15 is 0 Å². The number of anilines is 1. The van der Waals surface area contributed by atoms with Gasteiger partial charge in [-0.25, -0.2) is 13.1 Å². The minimum absolute atomic E-state index is 0.0341. The highest BCUT2D eigenvalue weighted by Gasteiger charge is 2.16. The van der Waals surface area contributed by atoms with Crippen LogP contribution in [-0.4, -0.2) is 26.4 Å². The Morgan fingerprint density at radius 3 is 2.25 bits per heavy atom. The molecule has 1 aromatic heterocycles. The topological polar surface area (TPSA) is 97.4 Å². The summed E-state index contributed by atoms with van der Waals surface area (Å²) >= 11 is 0. The molecular formula is C20H19N3O4S. The number of nitrogens with zero attached hydrogens (tertiary/aromatic N) is 1. The Labute approximate surface area is 163 Å². The number of ether oxygens (including phenoxy) is 1. The lowest BCUT2D eigenvalue weighted by atomic mass is 10.1. The number of carbonyl (C=O) groups is 1. The molecule has 2 aromatic carbocycles. The van der Waals surface area contributed by atoms with Gasteiger partial charge < -0.3 is 10.1 Å². The van der Waals surface area contributed by atoms with Crippen LogP contribution in [0.1, 0.15) is 15.9 Å². The number of nitrogens with one attached hydrogen (secondary N) is 2. The van der Waals surface area contributed by atoms with Crippen molar-refractivity contribution in [3.05, 3.63) is 78.1 Å². The van der Waals surface area contributed by atoms with Gasteiger partial charge in [0.15, 0.2) is 0 Å². The Morgan fingerprint density at radius 2 is 1.61 bits per heavy atom. The summed E-state index contributed by atoms with van der Waals surface area (Å²) in [5.41, 5.74) is 1.52. The van der Waals surface area contributed by atoms with Crippen molar-refractivity contribution in [2.24, 2.45) is 0 Å². The van der Waals surface area contributed by atoms with Gasteiger partial charge in [0.25, 0.3) is 5.91 Å². The van der Waals surface area contributed by atoms with Gasteiger partial charge in [0, 0.05) is 23.6 Å². The molecule has 0 aliphatic heterocycles. The summed E-state index contributed by atoms with van der Waals surface area (Å²) < 4.78 is 31.9. The summed E-state index contributed by atoms with van der Waals surface area (Å²) in [6.07, 6.45) is 3.27. The molecule has 0 saturated heterocycles. The minimum atomic E-state index is -3.63. The van der Waals surface area contributed by atoms with E-state index in [0.717, 1.165) is 0 Å². The van der Waals surface area contributed by atoms with Crippen molar-refractivity contribution in [1.82, 2.24) is 9.71 Å². The number of rotatable bonds is 6. The lowest BCUT2D eigenvalue weighted by molar-refractivity contribution is 0.102. The van der Waals surface area contributed by atoms with Crippen molar-refractivity contribution in [1.29, 1.82) is 0 Å². The van der Waals surface area contributed by atoms with Crippen molar-refractivity contribution < 1.29 is 17.9 Å². The zero-order valence-corrected chi connectivity index (χ0v) is 16.2. The van der Waals surface area contributed by atoms with Crippen molar-refractivity contribution in [2.45, 2.75) is 11.8 Å². The van der Waals surface area contributed by atoms with Crippen molar-refractivity contribution >= 4 is 21.6 Å². The maximum atomic E-state index is 12.6. The van der Waals surface area contributed by atoms with E-state index in [1.807, 2.05) is 0 Å². The van der Waals surface area contributed by atoms with Gasteiger partial charge in [-0.05, 0) is 68.1 Å². The first-order valence-corrected chi connectivity index (χ1v) is 9.91. The van der Waals surface area contributed by atoms with Crippen LogP contribution in [0.2, 0.25) is 0 Å². The van der Waals surface area contributed by atoms with Crippen LogP contribution in [0, 0.1) is 6.92 Å². The Morgan fingerprint density at radius 1 is 0.964 bits per heavy atom. The van der Waals surface area contributed by atoms with Gasteiger partial charge in [-0.3, -0.25) is 9.78 Å². The minimum Gasteiger partial charge on any atom is -0.457 e. The molecule has 0 atom stereocenters. The van der Waals surface area contributed by atoms with E-state index in [0.29, 0.717) is 22.7 Å². The van der Waals surface area contributed by atoms with Crippen LogP contribution in [0.25, 0.3) is 0 Å². The monoisotopic (exact) mass is 397 g/mol. The summed E-state index contributed by atoms with van der Waals surface area (Å²) in [6.45, 7) is 1.75. The number of pyridine rings is 1. The average Bonchev–Trinajstić information content (AvgIpc) is 2.70. The third-order valence-electron chi connectivity index (χ3n) is 4.03. The molecule has 144 valence electrons. The number of aryl methyl sites for hydroxylation is 1. The molecule has 0 fully saturated rings. The smallest absolute Gasteiger partial charge is 0.255 e. The van der Waals surface area contributed by atoms with Gasteiger partial charge in [0.1, 0.15) is 11.5 Å². The molecule has 2 N–H and O–H groups in total. The molecule has 0 saturated carbocycles. The summed E-state index contributed by atoms with van der Waals surface area (Å²) in [4.78, 5) is 16.6. The lowest BCUT2D eigenvalue weighted by Gasteiger charge is -2.11. The van der Waals surface area contributed by atoms with E-state index < -0.39 is 15.9 Å². The van der Waals surface area contributed by atoms with Gasteiger partial charge in [-0.1, -0.05) is 6.07 Å². The highest BCUT2D eigenvalue weighted by atomic mass is 32.2. The summed E-state index contributed by atoms with van der Waals surface area (Å²) in [5, 5.41) is 2.77. The Kier molecular flexibility index (Phi) is 5.72. The van der Waals surface area contributed by atoms with Crippen LogP contribution >= 0.6 is 0 Å². The maximum absolute atomic E-state index is 12.6. The van der Waals surface area contributed by atoms with Crippen LogP contribution in [0.15, 0.2) is 71.9 Å². The molecule has 0 aliphatic carbocycles. The van der Waals surface area contributed by atoms with Crippen LogP contribution in [0.4, 0.5) is 5.69 Å². The first kappa shape index (κ1) is 19.5. The summed E-state index contributed by atoms with van der Waals surface area (Å²) in [6, 6.07) is 14.8. The van der Waals surface area contributed by atoms with E-state index in [4.69, 9.17) is 4.74 Å². The van der Waals surface area contributed by atoms with Crippen molar-refractivity contribution in [2.75, 3.05) is 12.4 Å². The number of hydrogen-bond donors (Lipinski definition) is 2. The molecule has 8 heteroatoms. The van der Waals surface area contributed by atoms with Crippen molar-refractivity contribution in [3.8, 4) is 11.5 Å². The fourth-order valence-corrected chi connectivity index (χ4v) is 3.23. The van der Waals surface area contributed by atoms with Gasteiger partial charge in [0.05, 0.1) is 4.90 Å².